The van der Waals surface area contributed by atoms with E-state index >= 15 is 0 Å². The molecule has 0 atom stereocenters. The first-order chi connectivity index (χ1) is 10.8. The summed E-state index contributed by atoms with van der Waals surface area (Å²) in [4.78, 5) is 70.4. The number of carbonyl (C=O) groups is 6. The van der Waals surface area contributed by atoms with Crippen molar-refractivity contribution in [2.24, 2.45) is 17.8 Å². The van der Waals surface area contributed by atoms with Gasteiger partial charge in [0.1, 0.15) is 11.8 Å². The maximum Gasteiger partial charge on any atom is 0.328 e. The number of hydrogen-bond donors (Lipinski definition) is 4. The van der Waals surface area contributed by atoms with Gasteiger partial charge in [0.05, 0.1) is 0 Å². The Labute approximate surface area is 130 Å². The number of barbiturate groups is 2. The molecule has 10 nitrogen and oxygen atoms in total. The molecule has 124 valence electrons. The van der Waals surface area contributed by atoms with Crippen molar-refractivity contribution in [3.05, 3.63) is 0 Å². The van der Waals surface area contributed by atoms with E-state index in [9.17, 15) is 28.8 Å². The van der Waals surface area contributed by atoms with Crippen LogP contribution in [0.4, 0.5) is 9.59 Å². The molecule has 2 heterocycles. The van der Waals surface area contributed by atoms with E-state index in [1.165, 1.54) is 0 Å². The molecule has 2 saturated heterocycles. The number of nitrogens with one attached hydrogen (secondary N) is 4. The van der Waals surface area contributed by atoms with E-state index in [1.54, 1.807) is 0 Å². The zero-order valence-corrected chi connectivity index (χ0v) is 12.3. The monoisotopic (exact) mass is 324 g/mol. The van der Waals surface area contributed by atoms with E-state index in [1.807, 2.05) is 28.2 Å². The highest BCUT2D eigenvalue weighted by Crippen LogP contribution is 2.30. The van der Waals surface area contributed by atoms with Crippen molar-refractivity contribution in [3.8, 4) is 0 Å². The maximum atomic E-state index is 12.0. The molecular formula is C13H16N4O6. The van der Waals surface area contributed by atoms with Crippen molar-refractivity contribution in [2.75, 3.05) is 0 Å². The molecular weight excluding hydrogens is 308 g/mol. The third kappa shape index (κ3) is 3.35. The van der Waals surface area contributed by atoms with Gasteiger partial charge in [-0.3, -0.25) is 40.4 Å². The summed E-state index contributed by atoms with van der Waals surface area (Å²) < 4.78 is 0. The lowest BCUT2D eigenvalue weighted by atomic mass is 9.75. The summed E-state index contributed by atoms with van der Waals surface area (Å²) in [7, 11) is 0. The second-order valence-corrected chi connectivity index (χ2v) is 5.38. The van der Waals surface area contributed by atoms with Gasteiger partial charge in [-0.2, -0.15) is 0 Å². The third-order valence-electron chi connectivity index (χ3n) is 3.82. The Morgan fingerprint density at radius 1 is 0.739 bits per heavy atom. The predicted molar refractivity (Wildman–Crippen MR) is 73.4 cm³/mol. The standard InChI is InChI=1S/C13H16N4O6/c1-2-3-4-5(6-8(18)14-12(22)15-9(6)19)7-10(20)16-13(23)17-11(7)21/h5-7H,2-4H2,1H3,(H2,14,15,18,19,22)(H2,16,17,20,21,23). The van der Waals surface area contributed by atoms with Crippen molar-refractivity contribution in [1.82, 2.24) is 21.3 Å². The summed E-state index contributed by atoms with van der Waals surface area (Å²) >= 11 is 0. The number of amides is 8. The lowest BCUT2D eigenvalue weighted by Gasteiger charge is -2.33. The van der Waals surface area contributed by atoms with Crippen LogP contribution in [-0.4, -0.2) is 35.7 Å². The van der Waals surface area contributed by atoms with Gasteiger partial charge in [-0.25, -0.2) is 9.59 Å². The molecule has 0 aromatic rings. The van der Waals surface area contributed by atoms with Crippen molar-refractivity contribution >= 4 is 35.7 Å². The number of hydrogen-bond acceptors (Lipinski definition) is 6. The highest BCUT2D eigenvalue weighted by molar-refractivity contribution is 6.19. The Morgan fingerprint density at radius 3 is 1.39 bits per heavy atom. The molecule has 0 unspecified atom stereocenters. The second-order valence-electron chi connectivity index (χ2n) is 5.38. The Morgan fingerprint density at radius 2 is 1.09 bits per heavy atom. The van der Waals surface area contributed by atoms with Crippen molar-refractivity contribution in [3.63, 3.8) is 0 Å². The Hall–Kier alpha value is -2.78. The average molecular weight is 324 g/mol. The van der Waals surface area contributed by atoms with Gasteiger partial charge in [0.15, 0.2) is 0 Å². The molecule has 0 radical (unpaired) electrons. The Kier molecular flexibility index (Phi) is 4.72. The quantitative estimate of drug-likeness (QED) is 0.464. The number of carbonyl (C=O) groups excluding carboxylic acids is 6. The zero-order chi connectivity index (χ0) is 17.1. The molecule has 0 bridgehead atoms. The minimum Gasteiger partial charge on any atom is -0.277 e. The fourth-order valence-corrected chi connectivity index (χ4v) is 2.80. The van der Waals surface area contributed by atoms with Crippen LogP contribution in [0.3, 0.4) is 0 Å². The van der Waals surface area contributed by atoms with Crippen LogP contribution in [0.2, 0.25) is 0 Å². The van der Waals surface area contributed by atoms with Crippen molar-refractivity contribution in [1.29, 1.82) is 0 Å². The second kappa shape index (κ2) is 6.55. The molecule has 0 aromatic heterocycles. The molecule has 0 saturated carbocycles. The predicted octanol–water partition coefficient (Wildman–Crippen LogP) is -1.24. The van der Waals surface area contributed by atoms with Crippen LogP contribution < -0.4 is 21.3 Å². The molecule has 2 aliphatic heterocycles. The van der Waals surface area contributed by atoms with Gasteiger partial charge in [0.25, 0.3) is 0 Å². The van der Waals surface area contributed by atoms with Gasteiger partial charge in [-0.15, -0.1) is 0 Å². The SMILES string of the molecule is CCCCC(C1C(=O)NC(=O)NC1=O)C1C(=O)NC(=O)NC1=O. The van der Waals surface area contributed by atoms with Crippen molar-refractivity contribution < 1.29 is 28.8 Å². The molecule has 0 aromatic carbocycles. The summed E-state index contributed by atoms with van der Waals surface area (Å²) in [5.41, 5.74) is 0. The van der Waals surface area contributed by atoms with E-state index in [-0.39, 0.29) is 6.42 Å². The minimum atomic E-state index is -1.37. The van der Waals surface area contributed by atoms with Gasteiger partial charge in [-0.1, -0.05) is 19.8 Å². The van der Waals surface area contributed by atoms with E-state index in [4.69, 9.17) is 0 Å². The van der Waals surface area contributed by atoms with Crippen LogP contribution >= 0.6 is 0 Å². The summed E-state index contributed by atoms with van der Waals surface area (Å²) in [5, 5.41) is 7.82. The molecule has 23 heavy (non-hydrogen) atoms. The fraction of sp³-hybridized carbons (Fsp3) is 0.538. The topological polar surface area (TPSA) is 151 Å². The number of unbranched alkanes of at least 4 members (excludes halogenated alkanes) is 1. The summed E-state index contributed by atoms with van der Waals surface area (Å²) in [5.74, 6) is -7.15. The number of rotatable bonds is 5. The molecule has 0 aliphatic carbocycles. The van der Waals surface area contributed by atoms with Gasteiger partial charge < -0.3 is 0 Å². The smallest absolute Gasteiger partial charge is 0.277 e. The zero-order valence-electron chi connectivity index (χ0n) is 12.3. The average Bonchev–Trinajstić information content (AvgIpc) is 2.41. The highest BCUT2D eigenvalue weighted by atomic mass is 16.2. The van der Waals surface area contributed by atoms with Gasteiger partial charge in [-0.05, 0) is 12.3 Å². The summed E-state index contributed by atoms with van der Waals surface area (Å²) in [6.45, 7) is 1.87. The van der Waals surface area contributed by atoms with Crippen LogP contribution in [0.25, 0.3) is 0 Å². The van der Waals surface area contributed by atoms with Crippen molar-refractivity contribution in [2.45, 2.75) is 26.2 Å². The minimum absolute atomic E-state index is 0.232. The highest BCUT2D eigenvalue weighted by Gasteiger charge is 2.49. The van der Waals surface area contributed by atoms with Crippen LogP contribution in [0.5, 0.6) is 0 Å². The van der Waals surface area contributed by atoms with Gasteiger partial charge in [0, 0.05) is 0 Å². The molecule has 10 heteroatoms. The molecule has 2 fully saturated rings. The first kappa shape index (κ1) is 16.6. The summed E-state index contributed by atoms with van der Waals surface area (Å²) in [6, 6.07) is -1.89. The third-order valence-corrected chi connectivity index (χ3v) is 3.82. The summed E-state index contributed by atoms with van der Waals surface area (Å²) in [6.07, 6.45) is 1.50. The lowest BCUT2D eigenvalue weighted by Crippen LogP contribution is -2.63. The normalized spacial score (nSPS) is 20.3. The van der Waals surface area contributed by atoms with E-state index in [0.717, 1.165) is 0 Å². The number of urea groups is 2. The van der Waals surface area contributed by atoms with Crippen LogP contribution in [0.1, 0.15) is 26.2 Å². The first-order valence-corrected chi connectivity index (χ1v) is 7.16. The fourth-order valence-electron chi connectivity index (χ4n) is 2.80. The Balaban J connectivity index is 2.32. The molecule has 2 rings (SSSR count). The van der Waals surface area contributed by atoms with E-state index in [2.05, 4.69) is 0 Å². The molecule has 4 N–H and O–H groups in total. The molecule has 8 amide bonds. The lowest BCUT2D eigenvalue weighted by molar-refractivity contribution is -0.144. The van der Waals surface area contributed by atoms with Gasteiger partial charge >= 0.3 is 12.1 Å². The maximum absolute atomic E-state index is 12.0. The molecule has 2 aliphatic rings. The van der Waals surface area contributed by atoms with E-state index < -0.39 is 53.4 Å². The Bertz CT molecular complexity index is 513. The molecule has 0 spiro atoms. The first-order valence-electron chi connectivity index (χ1n) is 7.16. The largest absolute Gasteiger partial charge is 0.328 e. The van der Waals surface area contributed by atoms with Crippen LogP contribution in [0.15, 0.2) is 0 Å². The van der Waals surface area contributed by atoms with Gasteiger partial charge in [0.2, 0.25) is 23.6 Å². The van der Waals surface area contributed by atoms with E-state index in [0.29, 0.717) is 12.8 Å². The number of imide groups is 4. The van der Waals surface area contributed by atoms with Crippen LogP contribution in [0, 0.1) is 17.8 Å². The van der Waals surface area contributed by atoms with Crippen LogP contribution in [-0.2, 0) is 19.2 Å².